The van der Waals surface area contributed by atoms with Gasteiger partial charge in [-0.1, -0.05) is 29.3 Å². The fourth-order valence-electron chi connectivity index (χ4n) is 2.45. The van der Waals surface area contributed by atoms with E-state index in [9.17, 15) is 4.79 Å². The number of hydrogen-bond donors (Lipinski definition) is 1. The van der Waals surface area contributed by atoms with Crippen molar-refractivity contribution in [2.24, 2.45) is 0 Å². The van der Waals surface area contributed by atoms with Gasteiger partial charge in [-0.25, -0.2) is 0 Å². The molecule has 1 aliphatic rings. The first kappa shape index (κ1) is 18.5. The Balaban J connectivity index is 1.51. The molecule has 2 rings (SSSR count). The molecule has 0 aliphatic carbocycles. The van der Waals surface area contributed by atoms with E-state index < -0.39 is 0 Å². The average molecular weight is 360 g/mol. The molecule has 1 aliphatic heterocycles. The van der Waals surface area contributed by atoms with Crippen molar-refractivity contribution in [2.45, 2.75) is 38.2 Å². The van der Waals surface area contributed by atoms with E-state index in [0.29, 0.717) is 42.6 Å². The number of amides is 1. The van der Waals surface area contributed by atoms with Crippen LogP contribution >= 0.6 is 23.2 Å². The number of benzene rings is 1. The second kappa shape index (κ2) is 10.1. The Kier molecular flexibility index (Phi) is 8.17. The topological polar surface area (TPSA) is 47.6 Å². The van der Waals surface area contributed by atoms with E-state index in [-0.39, 0.29) is 12.0 Å². The molecule has 1 aromatic carbocycles. The molecule has 1 N–H and O–H groups in total. The van der Waals surface area contributed by atoms with Crippen LogP contribution in [-0.2, 0) is 20.7 Å². The van der Waals surface area contributed by atoms with E-state index in [1.165, 1.54) is 0 Å². The number of ether oxygens (including phenoxy) is 2. The summed E-state index contributed by atoms with van der Waals surface area (Å²) in [5.74, 6) is 0.0233. The minimum absolute atomic E-state index is 0.0233. The zero-order chi connectivity index (χ0) is 16.5. The number of carbonyl (C=O) groups is 1. The highest BCUT2D eigenvalue weighted by atomic mass is 35.5. The van der Waals surface area contributed by atoms with E-state index in [0.717, 1.165) is 31.4 Å². The summed E-state index contributed by atoms with van der Waals surface area (Å²) in [6.45, 7) is 2.77. The van der Waals surface area contributed by atoms with Crippen LogP contribution in [0.15, 0.2) is 18.2 Å². The van der Waals surface area contributed by atoms with E-state index >= 15 is 0 Å². The van der Waals surface area contributed by atoms with Crippen molar-refractivity contribution in [3.8, 4) is 0 Å². The molecule has 4 nitrogen and oxygen atoms in total. The monoisotopic (exact) mass is 359 g/mol. The number of carbonyl (C=O) groups excluding carboxylic acids is 1. The quantitative estimate of drug-likeness (QED) is 0.684. The minimum atomic E-state index is 0.0233. The van der Waals surface area contributed by atoms with Gasteiger partial charge >= 0.3 is 0 Å². The van der Waals surface area contributed by atoms with Crippen LogP contribution in [-0.4, -0.2) is 38.4 Å². The Bertz CT molecular complexity index is 505. The third kappa shape index (κ3) is 7.08. The Labute approximate surface area is 147 Å². The predicted molar refractivity (Wildman–Crippen MR) is 92.2 cm³/mol. The summed E-state index contributed by atoms with van der Waals surface area (Å²) in [7, 11) is 0. The van der Waals surface area contributed by atoms with Gasteiger partial charge in [0, 0.05) is 36.2 Å². The first-order chi connectivity index (χ1) is 11.1. The molecule has 0 saturated carbocycles. The molecule has 1 aromatic rings. The molecule has 0 spiro atoms. The number of aryl methyl sites for hydroxylation is 1. The lowest BCUT2D eigenvalue weighted by molar-refractivity contribution is -0.121. The Morgan fingerprint density at radius 2 is 2.26 bits per heavy atom. The SMILES string of the molecule is O=C(CCc1ccc(Cl)cc1Cl)NCCCOCC1CCCO1. The van der Waals surface area contributed by atoms with Gasteiger partial charge in [-0.15, -0.1) is 0 Å². The molecule has 1 fully saturated rings. The van der Waals surface area contributed by atoms with Gasteiger partial charge in [-0.3, -0.25) is 4.79 Å². The van der Waals surface area contributed by atoms with Gasteiger partial charge in [0.15, 0.2) is 0 Å². The van der Waals surface area contributed by atoms with Crippen LogP contribution in [0.2, 0.25) is 10.0 Å². The van der Waals surface area contributed by atoms with Crippen LogP contribution in [0.4, 0.5) is 0 Å². The highest BCUT2D eigenvalue weighted by Gasteiger charge is 2.14. The molecule has 0 radical (unpaired) electrons. The Hall–Kier alpha value is -0.810. The lowest BCUT2D eigenvalue weighted by Crippen LogP contribution is -2.26. The fraction of sp³-hybridized carbons (Fsp3) is 0.588. The van der Waals surface area contributed by atoms with Crippen LogP contribution in [0.25, 0.3) is 0 Å². The van der Waals surface area contributed by atoms with Gasteiger partial charge in [0.25, 0.3) is 0 Å². The zero-order valence-corrected chi connectivity index (χ0v) is 14.7. The molecule has 1 unspecified atom stereocenters. The van der Waals surface area contributed by atoms with E-state index in [1.54, 1.807) is 12.1 Å². The van der Waals surface area contributed by atoms with Gasteiger partial charge < -0.3 is 14.8 Å². The van der Waals surface area contributed by atoms with Crippen molar-refractivity contribution >= 4 is 29.1 Å². The summed E-state index contributed by atoms with van der Waals surface area (Å²) in [5, 5.41) is 4.10. The summed E-state index contributed by atoms with van der Waals surface area (Å²) in [5.41, 5.74) is 0.936. The van der Waals surface area contributed by atoms with Gasteiger partial charge in [-0.05, 0) is 43.4 Å². The molecule has 128 valence electrons. The van der Waals surface area contributed by atoms with Gasteiger partial charge in [0.05, 0.1) is 12.7 Å². The lowest BCUT2D eigenvalue weighted by Gasteiger charge is -2.10. The maximum Gasteiger partial charge on any atom is 0.220 e. The summed E-state index contributed by atoms with van der Waals surface area (Å²) < 4.78 is 11.0. The maximum atomic E-state index is 11.8. The van der Waals surface area contributed by atoms with Crippen molar-refractivity contribution in [1.82, 2.24) is 5.32 Å². The average Bonchev–Trinajstić information content (AvgIpc) is 3.03. The summed E-state index contributed by atoms with van der Waals surface area (Å²) >= 11 is 11.9. The molecular formula is C17H23Cl2NO3. The number of nitrogens with one attached hydrogen (secondary N) is 1. The Morgan fingerprint density at radius 1 is 1.39 bits per heavy atom. The molecule has 1 heterocycles. The van der Waals surface area contributed by atoms with Crippen molar-refractivity contribution < 1.29 is 14.3 Å². The number of halogens is 2. The molecule has 23 heavy (non-hydrogen) atoms. The van der Waals surface area contributed by atoms with Gasteiger partial charge in [0.2, 0.25) is 5.91 Å². The molecular weight excluding hydrogens is 337 g/mol. The smallest absolute Gasteiger partial charge is 0.220 e. The summed E-state index contributed by atoms with van der Waals surface area (Å²) in [4.78, 5) is 11.8. The molecule has 0 bridgehead atoms. The first-order valence-corrected chi connectivity index (χ1v) is 8.80. The summed E-state index contributed by atoms with van der Waals surface area (Å²) in [6.07, 6.45) is 4.30. The molecule has 1 amide bonds. The van der Waals surface area contributed by atoms with E-state index in [2.05, 4.69) is 5.32 Å². The maximum absolute atomic E-state index is 11.8. The van der Waals surface area contributed by atoms with Gasteiger partial charge in [0.1, 0.15) is 0 Å². The number of rotatable bonds is 9. The summed E-state index contributed by atoms with van der Waals surface area (Å²) in [6, 6.07) is 5.34. The standard InChI is InChI=1S/C17H23Cl2NO3/c18-14-6-4-13(16(19)11-14)5-7-17(21)20-8-2-9-22-12-15-3-1-10-23-15/h4,6,11,15H,1-3,5,7-10,12H2,(H,20,21). The lowest BCUT2D eigenvalue weighted by atomic mass is 10.1. The van der Waals surface area contributed by atoms with Crippen LogP contribution in [0, 0.1) is 0 Å². The highest BCUT2D eigenvalue weighted by Crippen LogP contribution is 2.21. The first-order valence-electron chi connectivity index (χ1n) is 8.05. The normalized spacial score (nSPS) is 17.4. The van der Waals surface area contributed by atoms with Crippen molar-refractivity contribution in [3.05, 3.63) is 33.8 Å². The molecule has 1 saturated heterocycles. The predicted octanol–water partition coefficient (Wildman–Crippen LogP) is 3.63. The molecule has 0 aromatic heterocycles. The van der Waals surface area contributed by atoms with Gasteiger partial charge in [-0.2, -0.15) is 0 Å². The van der Waals surface area contributed by atoms with Crippen molar-refractivity contribution in [3.63, 3.8) is 0 Å². The molecule has 6 heteroatoms. The van der Waals surface area contributed by atoms with Crippen LogP contribution in [0.3, 0.4) is 0 Å². The molecule has 1 atom stereocenters. The highest BCUT2D eigenvalue weighted by molar-refractivity contribution is 6.35. The third-order valence-electron chi connectivity index (χ3n) is 3.75. The zero-order valence-electron chi connectivity index (χ0n) is 13.2. The van der Waals surface area contributed by atoms with Crippen LogP contribution in [0.1, 0.15) is 31.2 Å². The largest absolute Gasteiger partial charge is 0.379 e. The second-order valence-electron chi connectivity index (χ2n) is 5.65. The van der Waals surface area contributed by atoms with Crippen molar-refractivity contribution in [2.75, 3.05) is 26.4 Å². The minimum Gasteiger partial charge on any atom is -0.379 e. The van der Waals surface area contributed by atoms with E-state index in [4.69, 9.17) is 32.7 Å². The Morgan fingerprint density at radius 3 is 3.00 bits per heavy atom. The van der Waals surface area contributed by atoms with E-state index in [1.807, 2.05) is 6.07 Å². The second-order valence-corrected chi connectivity index (χ2v) is 6.49. The van der Waals surface area contributed by atoms with Crippen LogP contribution in [0.5, 0.6) is 0 Å². The third-order valence-corrected chi connectivity index (χ3v) is 4.34. The van der Waals surface area contributed by atoms with Crippen LogP contribution < -0.4 is 5.32 Å². The number of hydrogen-bond acceptors (Lipinski definition) is 3. The fourth-order valence-corrected chi connectivity index (χ4v) is 2.96. The van der Waals surface area contributed by atoms with Crippen molar-refractivity contribution in [1.29, 1.82) is 0 Å².